The lowest BCUT2D eigenvalue weighted by molar-refractivity contribution is 0.282. The maximum Gasteiger partial charge on any atom is 0.127 e. The van der Waals surface area contributed by atoms with Gasteiger partial charge in [0.2, 0.25) is 0 Å². The van der Waals surface area contributed by atoms with Gasteiger partial charge in [-0.2, -0.15) is 0 Å². The van der Waals surface area contributed by atoms with Crippen LogP contribution >= 0.6 is 15.9 Å². The third-order valence-corrected chi connectivity index (χ3v) is 3.27. The van der Waals surface area contributed by atoms with Crippen LogP contribution in [0.4, 0.5) is 4.39 Å². The molecular weight excluding hydrogens is 231 g/mol. The molecule has 0 nitrogen and oxygen atoms in total. The van der Waals surface area contributed by atoms with Crippen LogP contribution in [0.5, 0.6) is 0 Å². The second-order valence-electron chi connectivity index (χ2n) is 3.94. The molecule has 0 unspecified atom stereocenters. The van der Waals surface area contributed by atoms with E-state index in [1.165, 1.54) is 0 Å². The molecule has 1 aromatic carbocycles. The zero-order valence-electron chi connectivity index (χ0n) is 7.56. The summed E-state index contributed by atoms with van der Waals surface area (Å²) in [5.74, 6) is 1.17. The fourth-order valence-corrected chi connectivity index (χ4v) is 2.32. The van der Waals surface area contributed by atoms with E-state index in [1.807, 2.05) is 12.1 Å². The van der Waals surface area contributed by atoms with Gasteiger partial charge in [0.1, 0.15) is 5.82 Å². The van der Waals surface area contributed by atoms with Gasteiger partial charge in [-0.1, -0.05) is 28.9 Å². The van der Waals surface area contributed by atoms with Crippen molar-refractivity contribution in [3.05, 3.63) is 34.1 Å². The molecule has 1 fully saturated rings. The van der Waals surface area contributed by atoms with Crippen LogP contribution in [-0.4, -0.2) is 0 Å². The molecule has 0 radical (unpaired) electrons. The van der Waals surface area contributed by atoms with Crippen molar-refractivity contribution in [3.8, 4) is 0 Å². The fourth-order valence-electron chi connectivity index (χ4n) is 1.99. The minimum Gasteiger partial charge on any atom is -0.207 e. The SMILES string of the molecule is CC1CC(c2ccc(Br)cc2F)C1. The topological polar surface area (TPSA) is 0 Å². The smallest absolute Gasteiger partial charge is 0.127 e. The minimum absolute atomic E-state index is 0.0636. The van der Waals surface area contributed by atoms with Crippen molar-refractivity contribution in [2.45, 2.75) is 25.7 Å². The molecule has 2 heteroatoms. The minimum atomic E-state index is -0.0636. The van der Waals surface area contributed by atoms with Crippen LogP contribution in [0.2, 0.25) is 0 Å². The molecule has 1 aliphatic rings. The van der Waals surface area contributed by atoms with Crippen LogP contribution in [-0.2, 0) is 0 Å². The van der Waals surface area contributed by atoms with E-state index in [9.17, 15) is 4.39 Å². The van der Waals surface area contributed by atoms with Crippen LogP contribution in [0, 0.1) is 11.7 Å². The van der Waals surface area contributed by atoms with Crippen molar-refractivity contribution in [1.29, 1.82) is 0 Å². The summed E-state index contributed by atoms with van der Waals surface area (Å²) in [5, 5.41) is 0. The molecule has 70 valence electrons. The summed E-state index contributed by atoms with van der Waals surface area (Å²) in [6.07, 6.45) is 2.27. The summed E-state index contributed by atoms with van der Waals surface area (Å²) in [7, 11) is 0. The Kier molecular flexibility index (Phi) is 2.41. The van der Waals surface area contributed by atoms with E-state index in [1.54, 1.807) is 6.07 Å². The highest BCUT2D eigenvalue weighted by Crippen LogP contribution is 2.42. The van der Waals surface area contributed by atoms with Gasteiger partial charge in [0.05, 0.1) is 0 Å². The summed E-state index contributed by atoms with van der Waals surface area (Å²) < 4.78 is 14.2. The van der Waals surface area contributed by atoms with Crippen molar-refractivity contribution >= 4 is 15.9 Å². The lowest BCUT2D eigenvalue weighted by atomic mass is 9.72. The summed E-state index contributed by atoms with van der Waals surface area (Å²) in [6.45, 7) is 2.22. The van der Waals surface area contributed by atoms with E-state index in [0.717, 1.165) is 28.8 Å². The normalized spacial score (nSPS) is 27.0. The van der Waals surface area contributed by atoms with E-state index < -0.39 is 0 Å². The lowest BCUT2D eigenvalue weighted by Gasteiger charge is -2.33. The first kappa shape index (κ1) is 9.20. The Bertz CT molecular complexity index is 316. The molecule has 0 saturated heterocycles. The van der Waals surface area contributed by atoms with Crippen molar-refractivity contribution in [1.82, 2.24) is 0 Å². The Morgan fingerprint density at radius 1 is 1.38 bits per heavy atom. The molecule has 0 spiro atoms. The van der Waals surface area contributed by atoms with Gasteiger partial charge in [-0.3, -0.25) is 0 Å². The van der Waals surface area contributed by atoms with E-state index in [0.29, 0.717) is 5.92 Å². The van der Waals surface area contributed by atoms with Gasteiger partial charge >= 0.3 is 0 Å². The summed E-state index contributed by atoms with van der Waals surface area (Å²) in [6, 6.07) is 5.37. The van der Waals surface area contributed by atoms with Gasteiger partial charge in [0, 0.05) is 4.47 Å². The molecule has 1 saturated carbocycles. The molecule has 0 amide bonds. The molecule has 0 aliphatic heterocycles. The van der Waals surface area contributed by atoms with E-state index in [4.69, 9.17) is 0 Å². The first-order chi connectivity index (χ1) is 6.16. The first-order valence-electron chi connectivity index (χ1n) is 4.62. The zero-order valence-corrected chi connectivity index (χ0v) is 9.14. The van der Waals surface area contributed by atoms with Crippen LogP contribution in [0.3, 0.4) is 0 Å². The number of hydrogen-bond donors (Lipinski definition) is 0. The van der Waals surface area contributed by atoms with Gasteiger partial charge in [-0.25, -0.2) is 4.39 Å². The van der Waals surface area contributed by atoms with Crippen LogP contribution < -0.4 is 0 Å². The molecular formula is C11H12BrF. The molecule has 13 heavy (non-hydrogen) atoms. The monoisotopic (exact) mass is 242 g/mol. The Morgan fingerprint density at radius 2 is 2.08 bits per heavy atom. The van der Waals surface area contributed by atoms with E-state index in [2.05, 4.69) is 22.9 Å². The molecule has 0 atom stereocenters. The molecule has 0 heterocycles. The average molecular weight is 243 g/mol. The highest BCUT2D eigenvalue weighted by molar-refractivity contribution is 9.10. The molecule has 1 aromatic rings. The first-order valence-corrected chi connectivity index (χ1v) is 5.41. The summed E-state index contributed by atoms with van der Waals surface area (Å²) in [5.41, 5.74) is 0.890. The van der Waals surface area contributed by atoms with Crippen LogP contribution in [0.1, 0.15) is 31.2 Å². The van der Waals surface area contributed by atoms with Gasteiger partial charge in [-0.05, 0) is 42.4 Å². The predicted molar refractivity (Wildman–Crippen MR) is 55.2 cm³/mol. The van der Waals surface area contributed by atoms with Crippen molar-refractivity contribution in [2.75, 3.05) is 0 Å². The maximum atomic E-state index is 13.4. The highest BCUT2D eigenvalue weighted by atomic mass is 79.9. The predicted octanol–water partition coefficient (Wildman–Crippen LogP) is 4.10. The summed E-state index contributed by atoms with van der Waals surface area (Å²) >= 11 is 3.26. The second kappa shape index (κ2) is 3.41. The Balaban J connectivity index is 2.21. The van der Waals surface area contributed by atoms with E-state index in [-0.39, 0.29) is 5.82 Å². The molecule has 0 bridgehead atoms. The quantitative estimate of drug-likeness (QED) is 0.696. The third-order valence-electron chi connectivity index (χ3n) is 2.78. The van der Waals surface area contributed by atoms with Crippen molar-refractivity contribution in [3.63, 3.8) is 0 Å². The number of benzene rings is 1. The standard InChI is InChI=1S/C11H12BrF/c1-7-4-8(5-7)10-3-2-9(12)6-11(10)13/h2-3,6-8H,4-5H2,1H3. The molecule has 2 rings (SSSR count). The lowest BCUT2D eigenvalue weighted by Crippen LogP contribution is -2.19. The van der Waals surface area contributed by atoms with Gasteiger partial charge in [0.15, 0.2) is 0 Å². The van der Waals surface area contributed by atoms with Crippen LogP contribution in [0.15, 0.2) is 22.7 Å². The number of hydrogen-bond acceptors (Lipinski definition) is 0. The highest BCUT2D eigenvalue weighted by Gasteiger charge is 2.28. The molecule has 1 aliphatic carbocycles. The largest absolute Gasteiger partial charge is 0.207 e. The van der Waals surface area contributed by atoms with Gasteiger partial charge < -0.3 is 0 Å². The maximum absolute atomic E-state index is 13.4. The Morgan fingerprint density at radius 3 is 2.62 bits per heavy atom. The van der Waals surface area contributed by atoms with Gasteiger partial charge in [-0.15, -0.1) is 0 Å². The zero-order chi connectivity index (χ0) is 9.42. The van der Waals surface area contributed by atoms with E-state index >= 15 is 0 Å². The van der Waals surface area contributed by atoms with Crippen LogP contribution in [0.25, 0.3) is 0 Å². The average Bonchev–Trinajstić information content (AvgIpc) is 2.00. The molecule has 0 aromatic heterocycles. The fraction of sp³-hybridized carbons (Fsp3) is 0.455. The third kappa shape index (κ3) is 1.78. The number of rotatable bonds is 1. The second-order valence-corrected chi connectivity index (χ2v) is 4.86. The summed E-state index contributed by atoms with van der Waals surface area (Å²) in [4.78, 5) is 0. The Hall–Kier alpha value is -0.370. The number of halogens is 2. The molecule has 0 N–H and O–H groups in total. The van der Waals surface area contributed by atoms with Crippen molar-refractivity contribution in [2.24, 2.45) is 5.92 Å². The Labute approximate surface area is 86.3 Å². The van der Waals surface area contributed by atoms with Gasteiger partial charge in [0.25, 0.3) is 0 Å². The van der Waals surface area contributed by atoms with Crippen molar-refractivity contribution < 1.29 is 4.39 Å².